The summed E-state index contributed by atoms with van der Waals surface area (Å²) in [6, 6.07) is 1.88. The van der Waals surface area contributed by atoms with Crippen LogP contribution in [0.15, 0.2) is 23.8 Å². The number of rotatable bonds is 4. The monoisotopic (exact) mass is 346 g/mol. The van der Waals surface area contributed by atoms with Crippen LogP contribution < -0.4 is 10.2 Å². The van der Waals surface area contributed by atoms with E-state index in [9.17, 15) is 4.79 Å². The zero-order valence-corrected chi connectivity index (χ0v) is 14.8. The SMILES string of the molecule is CCC(NC(=O)N1CCN(c2ccnc(C)n2)CC1)c1nccs1. The van der Waals surface area contributed by atoms with Gasteiger partial charge in [0.1, 0.15) is 16.6 Å². The van der Waals surface area contributed by atoms with Gasteiger partial charge in [-0.3, -0.25) is 0 Å². The molecule has 128 valence electrons. The molecule has 1 saturated heterocycles. The van der Waals surface area contributed by atoms with Crippen LogP contribution in [0.4, 0.5) is 10.6 Å². The maximum atomic E-state index is 12.5. The van der Waals surface area contributed by atoms with Gasteiger partial charge >= 0.3 is 6.03 Å². The van der Waals surface area contributed by atoms with Crippen LogP contribution >= 0.6 is 11.3 Å². The number of aryl methyl sites for hydroxylation is 1. The molecule has 24 heavy (non-hydrogen) atoms. The number of urea groups is 1. The molecule has 0 spiro atoms. The molecule has 1 fully saturated rings. The number of aromatic nitrogens is 3. The van der Waals surface area contributed by atoms with Crippen molar-refractivity contribution in [3.63, 3.8) is 0 Å². The van der Waals surface area contributed by atoms with Gasteiger partial charge in [-0.2, -0.15) is 0 Å². The molecule has 0 aromatic carbocycles. The fourth-order valence-corrected chi connectivity index (χ4v) is 3.52. The molecular weight excluding hydrogens is 324 g/mol. The summed E-state index contributed by atoms with van der Waals surface area (Å²) in [5.41, 5.74) is 0. The van der Waals surface area contributed by atoms with Gasteiger partial charge in [-0.05, 0) is 19.4 Å². The minimum absolute atomic E-state index is 0.0138. The molecule has 2 aromatic rings. The molecule has 2 aromatic heterocycles. The van der Waals surface area contributed by atoms with Crippen molar-refractivity contribution in [3.8, 4) is 0 Å². The molecule has 3 rings (SSSR count). The Balaban J connectivity index is 1.55. The molecule has 2 amide bonds. The number of nitrogens with zero attached hydrogens (tertiary/aromatic N) is 5. The predicted molar refractivity (Wildman–Crippen MR) is 94.2 cm³/mol. The van der Waals surface area contributed by atoms with E-state index in [2.05, 4.69) is 32.1 Å². The van der Waals surface area contributed by atoms with Crippen molar-refractivity contribution < 1.29 is 4.79 Å². The first-order chi connectivity index (χ1) is 11.7. The average Bonchev–Trinajstić information content (AvgIpc) is 3.14. The van der Waals surface area contributed by atoms with Gasteiger partial charge in [0, 0.05) is 44.0 Å². The summed E-state index contributed by atoms with van der Waals surface area (Å²) in [5, 5.41) is 5.99. The number of thiazole rings is 1. The Labute approximate surface area is 145 Å². The number of nitrogens with one attached hydrogen (secondary N) is 1. The largest absolute Gasteiger partial charge is 0.353 e. The first-order valence-electron chi connectivity index (χ1n) is 8.16. The third-order valence-electron chi connectivity index (χ3n) is 4.11. The molecule has 3 heterocycles. The van der Waals surface area contributed by atoms with Gasteiger partial charge in [0.05, 0.1) is 6.04 Å². The lowest BCUT2D eigenvalue weighted by molar-refractivity contribution is 0.189. The van der Waals surface area contributed by atoms with Gasteiger partial charge in [-0.15, -0.1) is 11.3 Å². The summed E-state index contributed by atoms with van der Waals surface area (Å²) in [5.74, 6) is 1.69. The summed E-state index contributed by atoms with van der Waals surface area (Å²) < 4.78 is 0. The highest BCUT2D eigenvalue weighted by Gasteiger charge is 2.24. The second kappa shape index (κ2) is 7.57. The summed E-state index contributed by atoms with van der Waals surface area (Å²) in [4.78, 5) is 29.4. The van der Waals surface area contributed by atoms with Crippen LogP contribution in [-0.2, 0) is 0 Å². The van der Waals surface area contributed by atoms with Crippen molar-refractivity contribution in [1.29, 1.82) is 0 Å². The van der Waals surface area contributed by atoms with Crippen molar-refractivity contribution >= 4 is 23.2 Å². The van der Waals surface area contributed by atoms with Crippen LogP contribution in [0.5, 0.6) is 0 Å². The fraction of sp³-hybridized carbons (Fsp3) is 0.500. The third-order valence-corrected chi connectivity index (χ3v) is 5.00. The molecule has 0 radical (unpaired) electrons. The smallest absolute Gasteiger partial charge is 0.318 e. The molecule has 1 N–H and O–H groups in total. The highest BCUT2D eigenvalue weighted by atomic mass is 32.1. The summed E-state index contributed by atoms with van der Waals surface area (Å²) >= 11 is 1.58. The highest BCUT2D eigenvalue weighted by molar-refractivity contribution is 7.09. The van der Waals surface area contributed by atoms with Gasteiger partial charge < -0.3 is 15.1 Å². The van der Waals surface area contributed by atoms with Crippen molar-refractivity contribution in [2.45, 2.75) is 26.3 Å². The fourth-order valence-electron chi connectivity index (χ4n) is 2.74. The normalized spacial score (nSPS) is 16.1. The Morgan fingerprint density at radius 1 is 1.29 bits per heavy atom. The Hall–Kier alpha value is -2.22. The highest BCUT2D eigenvalue weighted by Crippen LogP contribution is 2.19. The maximum Gasteiger partial charge on any atom is 0.318 e. The quantitative estimate of drug-likeness (QED) is 0.919. The van der Waals surface area contributed by atoms with Crippen LogP contribution in [-0.4, -0.2) is 52.1 Å². The number of piperazine rings is 1. The van der Waals surface area contributed by atoms with Gasteiger partial charge in [0.15, 0.2) is 0 Å². The molecule has 8 heteroatoms. The lowest BCUT2D eigenvalue weighted by atomic mass is 10.2. The third kappa shape index (κ3) is 3.81. The standard InChI is InChI=1S/C16H22N6OS/c1-3-13(15-18-6-11-24-15)20-16(23)22-9-7-21(8-10-22)14-4-5-17-12(2)19-14/h4-6,11,13H,3,7-10H2,1-2H3,(H,20,23). The predicted octanol–water partition coefficient (Wildman–Crippen LogP) is 2.22. The number of anilines is 1. The zero-order valence-electron chi connectivity index (χ0n) is 14.0. The minimum Gasteiger partial charge on any atom is -0.353 e. The van der Waals surface area contributed by atoms with Crippen LogP contribution in [0.2, 0.25) is 0 Å². The van der Waals surface area contributed by atoms with Crippen molar-refractivity contribution in [2.24, 2.45) is 0 Å². The van der Waals surface area contributed by atoms with Gasteiger partial charge in [-0.25, -0.2) is 19.7 Å². The van der Waals surface area contributed by atoms with Crippen LogP contribution in [0.1, 0.15) is 30.2 Å². The minimum atomic E-state index is -0.0180. The molecule has 1 unspecified atom stereocenters. The number of carbonyl (C=O) groups excluding carboxylic acids is 1. The van der Waals surface area contributed by atoms with Gasteiger partial charge in [0.25, 0.3) is 0 Å². The molecule has 1 aliphatic heterocycles. The van der Waals surface area contributed by atoms with E-state index < -0.39 is 0 Å². The van der Waals surface area contributed by atoms with E-state index >= 15 is 0 Å². The molecule has 0 bridgehead atoms. The Morgan fingerprint density at radius 2 is 2.08 bits per heavy atom. The first kappa shape index (κ1) is 16.6. The molecule has 1 atom stereocenters. The van der Waals surface area contributed by atoms with E-state index in [4.69, 9.17) is 0 Å². The Morgan fingerprint density at radius 3 is 2.71 bits per heavy atom. The summed E-state index contributed by atoms with van der Waals surface area (Å²) in [7, 11) is 0. The maximum absolute atomic E-state index is 12.5. The number of hydrogen-bond donors (Lipinski definition) is 1. The average molecular weight is 346 g/mol. The van der Waals surface area contributed by atoms with Gasteiger partial charge in [0.2, 0.25) is 0 Å². The van der Waals surface area contributed by atoms with E-state index in [1.165, 1.54) is 0 Å². The topological polar surface area (TPSA) is 74.2 Å². The van der Waals surface area contributed by atoms with Crippen LogP contribution in [0, 0.1) is 6.92 Å². The van der Waals surface area contributed by atoms with Crippen molar-refractivity contribution in [2.75, 3.05) is 31.1 Å². The van der Waals surface area contributed by atoms with E-state index in [0.29, 0.717) is 13.1 Å². The van der Waals surface area contributed by atoms with E-state index in [-0.39, 0.29) is 12.1 Å². The Bertz CT molecular complexity index is 669. The zero-order chi connectivity index (χ0) is 16.9. The van der Waals surface area contributed by atoms with E-state index in [0.717, 1.165) is 36.2 Å². The lowest BCUT2D eigenvalue weighted by Gasteiger charge is -2.36. The molecule has 0 aliphatic carbocycles. The van der Waals surface area contributed by atoms with Crippen LogP contribution in [0.3, 0.4) is 0 Å². The number of amides is 2. The van der Waals surface area contributed by atoms with E-state index in [1.54, 1.807) is 23.7 Å². The molecule has 7 nitrogen and oxygen atoms in total. The Kier molecular flexibility index (Phi) is 5.24. The lowest BCUT2D eigenvalue weighted by Crippen LogP contribution is -2.52. The first-order valence-corrected chi connectivity index (χ1v) is 9.04. The molecule has 1 aliphatic rings. The van der Waals surface area contributed by atoms with Crippen molar-refractivity contribution in [3.05, 3.63) is 34.7 Å². The molecular formula is C16H22N6OS. The summed E-state index contributed by atoms with van der Waals surface area (Å²) in [6.45, 7) is 6.86. The van der Waals surface area contributed by atoms with Gasteiger partial charge in [-0.1, -0.05) is 6.92 Å². The van der Waals surface area contributed by atoms with Crippen molar-refractivity contribution in [1.82, 2.24) is 25.2 Å². The number of hydrogen-bond acceptors (Lipinski definition) is 6. The second-order valence-corrected chi connectivity index (χ2v) is 6.64. The molecule has 0 saturated carbocycles. The number of carbonyl (C=O) groups is 1. The van der Waals surface area contributed by atoms with E-state index in [1.807, 2.05) is 23.3 Å². The summed E-state index contributed by atoms with van der Waals surface area (Å²) in [6.07, 6.45) is 4.38. The second-order valence-electron chi connectivity index (χ2n) is 5.72. The van der Waals surface area contributed by atoms with Crippen LogP contribution in [0.25, 0.3) is 0 Å².